The summed E-state index contributed by atoms with van der Waals surface area (Å²) in [5.41, 5.74) is 8.09. The molecule has 1 aliphatic rings. The number of hydrogen-bond donors (Lipinski definition) is 1. The van der Waals surface area contributed by atoms with Gasteiger partial charge in [0, 0.05) is 34.1 Å². The molecule has 2 N–H and O–H groups in total. The molecule has 0 saturated carbocycles. The highest BCUT2D eigenvalue weighted by molar-refractivity contribution is 9.10. The summed E-state index contributed by atoms with van der Waals surface area (Å²) in [5, 5.41) is 0. The second-order valence-electron chi connectivity index (χ2n) is 5.02. The number of halogens is 2. The van der Waals surface area contributed by atoms with E-state index in [1.807, 2.05) is 18.2 Å². The fourth-order valence-electron chi connectivity index (χ4n) is 2.56. The lowest BCUT2D eigenvalue weighted by atomic mass is 9.93. The molecule has 0 spiro atoms. The first kappa shape index (κ1) is 14.4. The summed E-state index contributed by atoms with van der Waals surface area (Å²) in [4.78, 5) is 0. The third-order valence-corrected chi connectivity index (χ3v) is 4.35. The van der Waals surface area contributed by atoms with Crippen LogP contribution in [0.4, 0.5) is 4.39 Å². The number of methoxy groups -OCH3 is 1. The van der Waals surface area contributed by atoms with Gasteiger partial charge in [0.25, 0.3) is 0 Å². The summed E-state index contributed by atoms with van der Waals surface area (Å²) in [6.07, 6.45) is 0.429. The van der Waals surface area contributed by atoms with E-state index >= 15 is 0 Å². The minimum atomic E-state index is -0.284. The quantitative estimate of drug-likeness (QED) is 0.884. The Hall–Kier alpha value is -1.59. The SMILES string of the molecule is COc1ccc2c(c1)OC(c1ccc(F)cc1Br)C[C@@H]2N. The van der Waals surface area contributed by atoms with E-state index in [9.17, 15) is 4.39 Å². The monoisotopic (exact) mass is 351 g/mol. The van der Waals surface area contributed by atoms with Crippen molar-refractivity contribution in [3.8, 4) is 11.5 Å². The van der Waals surface area contributed by atoms with Crippen LogP contribution >= 0.6 is 15.9 Å². The fourth-order valence-corrected chi connectivity index (χ4v) is 3.17. The molecule has 2 atom stereocenters. The van der Waals surface area contributed by atoms with E-state index in [1.165, 1.54) is 12.1 Å². The molecule has 0 fully saturated rings. The molecular formula is C16H15BrFNO2. The van der Waals surface area contributed by atoms with E-state index in [1.54, 1.807) is 13.2 Å². The predicted octanol–water partition coefficient (Wildman–Crippen LogP) is 4.12. The van der Waals surface area contributed by atoms with Crippen molar-refractivity contribution in [3.05, 3.63) is 57.8 Å². The van der Waals surface area contributed by atoms with Gasteiger partial charge >= 0.3 is 0 Å². The van der Waals surface area contributed by atoms with Gasteiger partial charge in [-0.25, -0.2) is 4.39 Å². The third kappa shape index (κ3) is 2.76. The standard InChI is InChI=1S/C16H15BrFNO2/c1-20-10-3-5-12-14(19)8-16(21-15(12)7-10)11-4-2-9(18)6-13(11)17/h2-7,14,16H,8,19H2,1H3/t14-,16?/m0/s1. The van der Waals surface area contributed by atoms with Crippen molar-refractivity contribution in [2.45, 2.75) is 18.6 Å². The molecule has 0 amide bonds. The van der Waals surface area contributed by atoms with Crippen LogP contribution in [-0.2, 0) is 0 Å². The second kappa shape index (κ2) is 5.66. The molecule has 1 unspecified atom stereocenters. The van der Waals surface area contributed by atoms with Crippen LogP contribution < -0.4 is 15.2 Å². The maximum absolute atomic E-state index is 13.2. The van der Waals surface area contributed by atoms with Crippen LogP contribution in [0.1, 0.15) is 29.7 Å². The van der Waals surface area contributed by atoms with Crippen LogP contribution in [0.5, 0.6) is 11.5 Å². The average molecular weight is 352 g/mol. The Bertz CT molecular complexity index is 677. The van der Waals surface area contributed by atoms with Crippen molar-refractivity contribution >= 4 is 15.9 Å². The third-order valence-electron chi connectivity index (χ3n) is 3.67. The van der Waals surface area contributed by atoms with E-state index in [-0.39, 0.29) is 18.0 Å². The molecule has 110 valence electrons. The molecule has 0 aromatic heterocycles. The number of ether oxygens (including phenoxy) is 2. The summed E-state index contributed by atoms with van der Waals surface area (Å²) >= 11 is 3.39. The lowest BCUT2D eigenvalue weighted by Gasteiger charge is -2.31. The number of benzene rings is 2. The molecule has 5 heteroatoms. The molecule has 1 aliphatic heterocycles. The van der Waals surface area contributed by atoms with E-state index < -0.39 is 0 Å². The van der Waals surface area contributed by atoms with E-state index in [0.29, 0.717) is 16.6 Å². The highest BCUT2D eigenvalue weighted by Gasteiger charge is 2.28. The highest BCUT2D eigenvalue weighted by atomic mass is 79.9. The molecule has 3 nitrogen and oxygen atoms in total. The maximum Gasteiger partial charge on any atom is 0.128 e. The van der Waals surface area contributed by atoms with Gasteiger partial charge in [-0.15, -0.1) is 0 Å². The molecule has 2 aromatic rings. The number of nitrogens with two attached hydrogens (primary N) is 1. The summed E-state index contributed by atoms with van der Waals surface area (Å²) in [6.45, 7) is 0. The molecule has 0 bridgehead atoms. The first-order valence-electron chi connectivity index (χ1n) is 6.63. The van der Waals surface area contributed by atoms with Crippen molar-refractivity contribution < 1.29 is 13.9 Å². The van der Waals surface area contributed by atoms with Crippen molar-refractivity contribution in [1.82, 2.24) is 0 Å². The van der Waals surface area contributed by atoms with Crippen LogP contribution in [-0.4, -0.2) is 7.11 Å². The Morgan fingerprint density at radius 1 is 1.24 bits per heavy atom. The fraction of sp³-hybridized carbons (Fsp3) is 0.250. The Morgan fingerprint density at radius 3 is 2.71 bits per heavy atom. The molecule has 3 rings (SSSR count). The normalized spacial score (nSPS) is 20.6. The zero-order valence-corrected chi connectivity index (χ0v) is 13.1. The van der Waals surface area contributed by atoms with E-state index in [4.69, 9.17) is 15.2 Å². The van der Waals surface area contributed by atoms with E-state index in [0.717, 1.165) is 16.9 Å². The van der Waals surface area contributed by atoms with Gasteiger partial charge in [0.05, 0.1) is 7.11 Å². The van der Waals surface area contributed by atoms with Gasteiger partial charge in [-0.05, 0) is 18.2 Å². The Morgan fingerprint density at radius 2 is 2.00 bits per heavy atom. The number of rotatable bonds is 2. The second-order valence-corrected chi connectivity index (χ2v) is 5.87. The molecular weight excluding hydrogens is 337 g/mol. The van der Waals surface area contributed by atoms with Crippen LogP contribution in [0.25, 0.3) is 0 Å². The molecule has 0 aliphatic carbocycles. The van der Waals surface area contributed by atoms with Crippen LogP contribution in [0.2, 0.25) is 0 Å². The lowest BCUT2D eigenvalue weighted by molar-refractivity contribution is 0.160. The highest BCUT2D eigenvalue weighted by Crippen LogP contribution is 2.42. The summed E-state index contributed by atoms with van der Waals surface area (Å²) in [6, 6.07) is 10.1. The van der Waals surface area contributed by atoms with Crippen molar-refractivity contribution in [1.29, 1.82) is 0 Å². The number of hydrogen-bond acceptors (Lipinski definition) is 3. The number of fused-ring (bicyclic) bond motifs is 1. The van der Waals surface area contributed by atoms with Gasteiger partial charge in [0.15, 0.2) is 0 Å². The minimum Gasteiger partial charge on any atom is -0.497 e. The topological polar surface area (TPSA) is 44.5 Å². The zero-order valence-electron chi connectivity index (χ0n) is 11.5. The van der Waals surface area contributed by atoms with Gasteiger partial charge < -0.3 is 15.2 Å². The van der Waals surface area contributed by atoms with E-state index in [2.05, 4.69) is 15.9 Å². The smallest absolute Gasteiger partial charge is 0.128 e. The van der Waals surface area contributed by atoms with Gasteiger partial charge in [-0.3, -0.25) is 0 Å². The minimum absolute atomic E-state index is 0.124. The lowest BCUT2D eigenvalue weighted by Crippen LogP contribution is -2.24. The summed E-state index contributed by atoms with van der Waals surface area (Å²) in [5.74, 6) is 1.15. The van der Waals surface area contributed by atoms with Gasteiger partial charge in [-0.1, -0.05) is 28.1 Å². The maximum atomic E-state index is 13.2. The Kier molecular flexibility index (Phi) is 3.87. The first-order chi connectivity index (χ1) is 10.1. The van der Waals surface area contributed by atoms with Crippen molar-refractivity contribution in [3.63, 3.8) is 0 Å². The Labute approximate surface area is 131 Å². The molecule has 0 radical (unpaired) electrons. The summed E-state index contributed by atoms with van der Waals surface area (Å²) < 4.78 is 25.2. The Balaban J connectivity index is 1.96. The molecule has 1 heterocycles. The average Bonchev–Trinajstić information content (AvgIpc) is 2.46. The van der Waals surface area contributed by atoms with Gasteiger partial charge in [0.1, 0.15) is 23.4 Å². The first-order valence-corrected chi connectivity index (χ1v) is 7.43. The van der Waals surface area contributed by atoms with Crippen LogP contribution in [0, 0.1) is 5.82 Å². The zero-order chi connectivity index (χ0) is 15.0. The van der Waals surface area contributed by atoms with Gasteiger partial charge in [-0.2, -0.15) is 0 Å². The van der Waals surface area contributed by atoms with Gasteiger partial charge in [0.2, 0.25) is 0 Å². The largest absolute Gasteiger partial charge is 0.497 e. The van der Waals surface area contributed by atoms with Crippen molar-refractivity contribution in [2.24, 2.45) is 5.73 Å². The summed E-state index contributed by atoms with van der Waals surface area (Å²) in [7, 11) is 1.61. The molecule has 0 saturated heterocycles. The predicted molar refractivity (Wildman–Crippen MR) is 82.0 cm³/mol. The van der Waals surface area contributed by atoms with Crippen LogP contribution in [0.15, 0.2) is 40.9 Å². The molecule has 21 heavy (non-hydrogen) atoms. The molecule has 2 aromatic carbocycles. The van der Waals surface area contributed by atoms with Crippen molar-refractivity contribution in [2.75, 3.05) is 7.11 Å². The van der Waals surface area contributed by atoms with Crippen LogP contribution in [0.3, 0.4) is 0 Å².